The van der Waals surface area contributed by atoms with Crippen molar-refractivity contribution in [1.29, 1.82) is 0 Å². The monoisotopic (exact) mass is 449 g/mol. The first kappa shape index (κ1) is 21.7. The van der Waals surface area contributed by atoms with E-state index >= 15 is 0 Å². The average Bonchev–Trinajstić information content (AvgIpc) is 2.80. The van der Waals surface area contributed by atoms with Crippen molar-refractivity contribution in [3.8, 4) is 5.75 Å². The van der Waals surface area contributed by atoms with Crippen molar-refractivity contribution in [3.05, 3.63) is 83.4 Å². The average molecular weight is 450 g/mol. The van der Waals surface area contributed by atoms with Crippen molar-refractivity contribution >= 4 is 40.5 Å². The number of anilines is 3. The van der Waals surface area contributed by atoms with Crippen LogP contribution in [-0.2, 0) is 9.59 Å². The summed E-state index contributed by atoms with van der Waals surface area (Å²) in [5, 5.41) is 6.76. The molecule has 3 aromatic carbocycles. The van der Waals surface area contributed by atoms with Gasteiger partial charge in [0.15, 0.2) is 6.61 Å². The number of carbonyl (C=O) groups excluding carboxylic acids is 2. The van der Waals surface area contributed by atoms with Crippen LogP contribution in [0.2, 0.25) is 5.02 Å². The van der Waals surface area contributed by atoms with Crippen molar-refractivity contribution in [2.75, 3.05) is 28.7 Å². The lowest BCUT2D eigenvalue weighted by Crippen LogP contribution is -2.40. The Kier molecular flexibility index (Phi) is 6.61. The molecule has 1 aliphatic rings. The Labute approximate surface area is 192 Å². The molecule has 0 saturated carbocycles. The third kappa shape index (κ3) is 5.03. The topological polar surface area (TPSA) is 70.7 Å². The summed E-state index contributed by atoms with van der Waals surface area (Å²) in [7, 11) is 0. The largest absolute Gasteiger partial charge is 0.482 e. The van der Waals surface area contributed by atoms with Gasteiger partial charge in [0.1, 0.15) is 5.75 Å². The van der Waals surface area contributed by atoms with E-state index in [2.05, 4.69) is 29.7 Å². The predicted octanol–water partition coefficient (Wildman–Crippen LogP) is 5.27. The van der Waals surface area contributed by atoms with Gasteiger partial charge in [-0.3, -0.25) is 9.59 Å². The first-order valence-electron chi connectivity index (χ1n) is 10.4. The van der Waals surface area contributed by atoms with Gasteiger partial charge >= 0.3 is 0 Å². The Morgan fingerprint density at radius 1 is 1.09 bits per heavy atom. The number of halogens is 1. The van der Waals surface area contributed by atoms with Gasteiger partial charge in [-0.1, -0.05) is 54.1 Å². The minimum atomic E-state index is -0.198. The lowest BCUT2D eigenvalue weighted by molar-refractivity contribution is -0.121. The number of fused-ring (bicyclic) bond motifs is 1. The molecule has 1 heterocycles. The highest BCUT2D eigenvalue weighted by Crippen LogP contribution is 2.32. The van der Waals surface area contributed by atoms with Crippen molar-refractivity contribution in [1.82, 2.24) is 0 Å². The lowest BCUT2D eigenvalue weighted by atomic mass is 10.1. The number of benzene rings is 3. The highest BCUT2D eigenvalue weighted by atomic mass is 35.5. The second-order valence-corrected chi connectivity index (χ2v) is 7.98. The van der Waals surface area contributed by atoms with Crippen LogP contribution in [0.5, 0.6) is 5.75 Å². The van der Waals surface area contributed by atoms with Crippen molar-refractivity contribution in [2.24, 2.45) is 0 Å². The molecule has 1 unspecified atom stereocenters. The van der Waals surface area contributed by atoms with E-state index in [1.807, 2.05) is 48.5 Å². The zero-order valence-corrected chi connectivity index (χ0v) is 18.4. The molecule has 0 aliphatic carbocycles. The van der Waals surface area contributed by atoms with Crippen LogP contribution in [0.25, 0.3) is 0 Å². The molecular formula is C25H24ClN3O3. The normalized spacial score (nSPS) is 13.7. The summed E-state index contributed by atoms with van der Waals surface area (Å²) in [4.78, 5) is 26.3. The van der Waals surface area contributed by atoms with Crippen LogP contribution in [0.4, 0.5) is 17.1 Å². The molecule has 7 heteroatoms. The molecule has 4 rings (SSSR count). The molecule has 2 N–H and O–H groups in total. The molecule has 6 nitrogen and oxygen atoms in total. The van der Waals surface area contributed by atoms with Gasteiger partial charge in [-0.25, -0.2) is 0 Å². The Morgan fingerprint density at radius 3 is 2.62 bits per heavy atom. The predicted molar refractivity (Wildman–Crippen MR) is 127 cm³/mol. The Balaban J connectivity index is 1.35. The Morgan fingerprint density at radius 2 is 1.84 bits per heavy atom. The number of carbonyl (C=O) groups is 2. The Bertz CT molecular complexity index is 1120. The van der Waals surface area contributed by atoms with E-state index in [0.29, 0.717) is 22.1 Å². The van der Waals surface area contributed by atoms with Crippen LogP contribution in [0, 0.1) is 0 Å². The van der Waals surface area contributed by atoms with Gasteiger partial charge in [0.2, 0.25) is 5.91 Å². The van der Waals surface area contributed by atoms with Crippen molar-refractivity contribution in [2.45, 2.75) is 19.4 Å². The molecule has 0 radical (unpaired) electrons. The number of nitrogens with zero attached hydrogens (tertiary/aromatic N) is 1. The fraction of sp³-hybridized carbons (Fsp3) is 0.200. The third-order valence-electron chi connectivity index (χ3n) is 5.30. The molecule has 164 valence electrons. The number of amides is 2. The maximum Gasteiger partial charge on any atom is 0.265 e. The molecule has 32 heavy (non-hydrogen) atoms. The number of hydrogen-bond donors (Lipinski definition) is 2. The van der Waals surface area contributed by atoms with Gasteiger partial charge in [-0.2, -0.15) is 0 Å². The van der Waals surface area contributed by atoms with E-state index < -0.39 is 0 Å². The molecule has 1 aliphatic heterocycles. The van der Waals surface area contributed by atoms with Crippen LogP contribution in [0.15, 0.2) is 72.8 Å². The van der Waals surface area contributed by atoms with E-state index in [1.54, 1.807) is 17.0 Å². The highest BCUT2D eigenvalue weighted by molar-refractivity contribution is 6.33. The van der Waals surface area contributed by atoms with E-state index in [9.17, 15) is 9.59 Å². The molecule has 0 bridgehead atoms. The van der Waals surface area contributed by atoms with Crippen LogP contribution >= 0.6 is 11.6 Å². The third-order valence-corrected chi connectivity index (χ3v) is 5.61. The highest BCUT2D eigenvalue weighted by Gasteiger charge is 2.25. The van der Waals surface area contributed by atoms with Crippen molar-refractivity contribution in [3.63, 3.8) is 0 Å². The van der Waals surface area contributed by atoms with Gasteiger partial charge in [0, 0.05) is 24.7 Å². The van der Waals surface area contributed by atoms with Gasteiger partial charge in [-0.05, 0) is 42.8 Å². The van der Waals surface area contributed by atoms with E-state index in [4.69, 9.17) is 16.3 Å². The number of hydrogen-bond acceptors (Lipinski definition) is 4. The summed E-state index contributed by atoms with van der Waals surface area (Å²) in [5.41, 5.74) is 3.23. The number of para-hydroxylation sites is 2. The fourth-order valence-corrected chi connectivity index (χ4v) is 3.84. The quantitative estimate of drug-likeness (QED) is 0.515. The zero-order valence-electron chi connectivity index (χ0n) is 17.7. The first-order chi connectivity index (χ1) is 15.5. The maximum absolute atomic E-state index is 12.5. The Hall–Kier alpha value is -3.51. The summed E-state index contributed by atoms with van der Waals surface area (Å²) in [5.74, 6) is 0.283. The minimum Gasteiger partial charge on any atom is -0.482 e. The number of ether oxygens (including phenoxy) is 1. The molecule has 0 aromatic heterocycles. The molecule has 0 saturated heterocycles. The van der Waals surface area contributed by atoms with Gasteiger partial charge in [-0.15, -0.1) is 0 Å². The number of nitrogens with one attached hydrogen (secondary N) is 2. The zero-order chi connectivity index (χ0) is 22.5. The minimum absolute atomic E-state index is 0.0237. The molecule has 3 aromatic rings. The first-order valence-corrected chi connectivity index (χ1v) is 10.8. The molecule has 0 fully saturated rings. The lowest BCUT2D eigenvalue weighted by Gasteiger charge is -2.29. The molecule has 2 amide bonds. The van der Waals surface area contributed by atoms with Gasteiger partial charge < -0.3 is 20.3 Å². The van der Waals surface area contributed by atoms with Crippen molar-refractivity contribution < 1.29 is 14.3 Å². The van der Waals surface area contributed by atoms with E-state index in [-0.39, 0.29) is 37.4 Å². The van der Waals surface area contributed by atoms with Gasteiger partial charge in [0.05, 0.1) is 16.4 Å². The second kappa shape index (κ2) is 9.75. The summed E-state index contributed by atoms with van der Waals surface area (Å²) in [6.07, 6.45) is 0.155. The van der Waals surface area contributed by atoms with Crippen LogP contribution in [0.1, 0.15) is 24.9 Å². The standard InChI is InChI=1S/C25H24ClN3O3/c1-17(18-7-3-2-4-8-18)27-21-12-11-19(15-20(21)26)28-24(30)13-14-29-22-9-5-6-10-23(22)32-16-25(29)31/h2-12,15,17,27H,13-14,16H2,1H3,(H,28,30). The summed E-state index contributed by atoms with van der Waals surface area (Å²) < 4.78 is 5.44. The summed E-state index contributed by atoms with van der Waals surface area (Å²) in [6.45, 7) is 2.31. The van der Waals surface area contributed by atoms with Crippen LogP contribution < -0.4 is 20.3 Å². The molecule has 1 atom stereocenters. The van der Waals surface area contributed by atoms with E-state index in [0.717, 1.165) is 11.3 Å². The SMILES string of the molecule is CC(Nc1ccc(NC(=O)CCN2C(=O)COc3ccccc32)cc1Cl)c1ccccc1. The number of rotatable bonds is 7. The molecule has 0 spiro atoms. The maximum atomic E-state index is 12.5. The second-order valence-electron chi connectivity index (χ2n) is 7.57. The van der Waals surface area contributed by atoms with Crippen LogP contribution in [0.3, 0.4) is 0 Å². The van der Waals surface area contributed by atoms with Crippen LogP contribution in [-0.4, -0.2) is 25.0 Å². The van der Waals surface area contributed by atoms with E-state index in [1.165, 1.54) is 0 Å². The fourth-order valence-electron chi connectivity index (χ4n) is 3.60. The summed E-state index contributed by atoms with van der Waals surface area (Å²) >= 11 is 6.44. The smallest absolute Gasteiger partial charge is 0.265 e. The molecular weight excluding hydrogens is 426 g/mol. The summed E-state index contributed by atoms with van der Waals surface area (Å²) in [6, 6.07) is 22.8. The van der Waals surface area contributed by atoms with Gasteiger partial charge in [0.25, 0.3) is 5.91 Å².